The molecule has 0 amide bonds. The van der Waals surface area contributed by atoms with Gasteiger partial charge in [-0.2, -0.15) is 0 Å². The van der Waals surface area contributed by atoms with E-state index in [0.29, 0.717) is 5.92 Å². The van der Waals surface area contributed by atoms with Crippen LogP contribution >= 0.6 is 0 Å². The van der Waals surface area contributed by atoms with E-state index in [1.807, 2.05) is 12.3 Å². The minimum Gasteiger partial charge on any atom is -0.306 e. The average Bonchev–Trinajstić information content (AvgIpc) is 2.45. The SMILES string of the molecule is CC(C)c1ccc(-c2nccc(CNC(C)(C)C)n2)cc1. The van der Waals surface area contributed by atoms with Crippen LogP contribution in [0.15, 0.2) is 36.5 Å². The zero-order chi connectivity index (χ0) is 15.5. The van der Waals surface area contributed by atoms with Gasteiger partial charge in [0.05, 0.1) is 5.69 Å². The van der Waals surface area contributed by atoms with Crippen molar-refractivity contribution in [2.24, 2.45) is 0 Å². The Kier molecular flexibility index (Phi) is 4.73. The second-order valence-corrected chi connectivity index (χ2v) is 6.75. The molecule has 1 aromatic heterocycles. The van der Waals surface area contributed by atoms with Gasteiger partial charge in [0.2, 0.25) is 0 Å². The van der Waals surface area contributed by atoms with Crippen molar-refractivity contribution < 1.29 is 0 Å². The molecule has 3 heteroatoms. The smallest absolute Gasteiger partial charge is 0.159 e. The van der Waals surface area contributed by atoms with E-state index in [9.17, 15) is 0 Å². The number of nitrogens with one attached hydrogen (secondary N) is 1. The highest BCUT2D eigenvalue weighted by Crippen LogP contribution is 2.20. The third-order valence-electron chi connectivity index (χ3n) is 3.35. The van der Waals surface area contributed by atoms with Crippen molar-refractivity contribution >= 4 is 0 Å². The molecule has 112 valence electrons. The van der Waals surface area contributed by atoms with Crippen molar-refractivity contribution in [3.05, 3.63) is 47.8 Å². The molecule has 0 spiro atoms. The minimum atomic E-state index is 0.0873. The predicted octanol–water partition coefficient (Wildman–Crippen LogP) is 4.16. The summed E-state index contributed by atoms with van der Waals surface area (Å²) in [5.41, 5.74) is 3.51. The normalized spacial score (nSPS) is 11.9. The number of benzene rings is 1. The van der Waals surface area contributed by atoms with E-state index < -0.39 is 0 Å². The zero-order valence-electron chi connectivity index (χ0n) is 13.6. The molecule has 1 heterocycles. The highest BCUT2D eigenvalue weighted by molar-refractivity contribution is 5.55. The first-order valence-corrected chi connectivity index (χ1v) is 7.52. The summed E-state index contributed by atoms with van der Waals surface area (Å²) in [6, 6.07) is 10.5. The van der Waals surface area contributed by atoms with E-state index in [2.05, 4.69) is 74.2 Å². The Morgan fingerprint density at radius 1 is 1.05 bits per heavy atom. The molecular weight excluding hydrogens is 258 g/mol. The number of hydrogen-bond donors (Lipinski definition) is 1. The van der Waals surface area contributed by atoms with Crippen molar-refractivity contribution in [3.8, 4) is 11.4 Å². The average molecular weight is 283 g/mol. The Bertz CT molecular complexity index is 580. The summed E-state index contributed by atoms with van der Waals surface area (Å²) in [5.74, 6) is 1.33. The highest BCUT2D eigenvalue weighted by Gasteiger charge is 2.10. The molecule has 0 radical (unpaired) electrons. The van der Waals surface area contributed by atoms with Crippen LogP contribution in [0.3, 0.4) is 0 Å². The Balaban J connectivity index is 2.16. The molecule has 0 unspecified atom stereocenters. The van der Waals surface area contributed by atoms with Crippen LogP contribution in [0.4, 0.5) is 0 Å². The van der Waals surface area contributed by atoms with E-state index in [4.69, 9.17) is 0 Å². The zero-order valence-corrected chi connectivity index (χ0v) is 13.6. The van der Waals surface area contributed by atoms with E-state index in [1.54, 1.807) is 0 Å². The summed E-state index contributed by atoms with van der Waals surface area (Å²) < 4.78 is 0. The van der Waals surface area contributed by atoms with Gasteiger partial charge in [-0.1, -0.05) is 38.1 Å². The summed E-state index contributed by atoms with van der Waals surface area (Å²) in [5, 5.41) is 3.45. The van der Waals surface area contributed by atoms with Crippen LogP contribution < -0.4 is 5.32 Å². The molecule has 3 nitrogen and oxygen atoms in total. The fourth-order valence-corrected chi connectivity index (χ4v) is 2.01. The van der Waals surface area contributed by atoms with Crippen molar-refractivity contribution in [3.63, 3.8) is 0 Å². The molecule has 0 saturated heterocycles. The molecule has 0 fully saturated rings. The second kappa shape index (κ2) is 6.35. The number of aromatic nitrogens is 2. The molecule has 0 aliphatic carbocycles. The Hall–Kier alpha value is -1.74. The third-order valence-corrected chi connectivity index (χ3v) is 3.35. The summed E-state index contributed by atoms with van der Waals surface area (Å²) in [6.07, 6.45) is 1.83. The van der Waals surface area contributed by atoms with Crippen LogP contribution in [-0.2, 0) is 6.54 Å². The number of rotatable bonds is 4. The molecule has 0 bridgehead atoms. The lowest BCUT2D eigenvalue weighted by molar-refractivity contribution is 0.421. The summed E-state index contributed by atoms with van der Waals surface area (Å²) in [4.78, 5) is 9.04. The molecule has 0 aliphatic rings. The van der Waals surface area contributed by atoms with Crippen molar-refractivity contribution in [1.29, 1.82) is 0 Å². The fraction of sp³-hybridized carbons (Fsp3) is 0.444. The summed E-state index contributed by atoms with van der Waals surface area (Å²) >= 11 is 0. The summed E-state index contributed by atoms with van der Waals surface area (Å²) in [7, 11) is 0. The molecule has 0 atom stereocenters. The molecule has 0 saturated carbocycles. The maximum absolute atomic E-state index is 4.65. The van der Waals surface area contributed by atoms with Crippen LogP contribution in [-0.4, -0.2) is 15.5 Å². The van der Waals surface area contributed by atoms with Gasteiger partial charge in [0, 0.05) is 23.8 Å². The van der Waals surface area contributed by atoms with Crippen LogP contribution in [0, 0.1) is 0 Å². The van der Waals surface area contributed by atoms with Crippen LogP contribution in [0.5, 0.6) is 0 Å². The second-order valence-electron chi connectivity index (χ2n) is 6.75. The van der Waals surface area contributed by atoms with E-state index in [0.717, 1.165) is 23.6 Å². The predicted molar refractivity (Wildman–Crippen MR) is 88.1 cm³/mol. The molecule has 2 rings (SSSR count). The first kappa shape index (κ1) is 15.6. The molecular formula is C18H25N3. The van der Waals surface area contributed by atoms with Gasteiger partial charge in [-0.15, -0.1) is 0 Å². The highest BCUT2D eigenvalue weighted by atomic mass is 15.0. The van der Waals surface area contributed by atoms with Gasteiger partial charge < -0.3 is 5.32 Å². The molecule has 0 aliphatic heterocycles. The molecule has 1 N–H and O–H groups in total. The van der Waals surface area contributed by atoms with Crippen molar-refractivity contribution in [2.45, 2.75) is 52.6 Å². The first-order chi connectivity index (χ1) is 9.85. The number of nitrogens with zero attached hydrogens (tertiary/aromatic N) is 2. The van der Waals surface area contributed by atoms with Gasteiger partial charge in [-0.05, 0) is 38.3 Å². The van der Waals surface area contributed by atoms with Gasteiger partial charge in [-0.3, -0.25) is 0 Å². The van der Waals surface area contributed by atoms with Gasteiger partial charge in [0.1, 0.15) is 0 Å². The van der Waals surface area contributed by atoms with Gasteiger partial charge in [0.25, 0.3) is 0 Å². The van der Waals surface area contributed by atoms with Gasteiger partial charge >= 0.3 is 0 Å². The van der Waals surface area contributed by atoms with Crippen molar-refractivity contribution in [1.82, 2.24) is 15.3 Å². The van der Waals surface area contributed by atoms with Gasteiger partial charge in [-0.25, -0.2) is 9.97 Å². The fourth-order valence-electron chi connectivity index (χ4n) is 2.01. The van der Waals surface area contributed by atoms with E-state index in [-0.39, 0.29) is 5.54 Å². The lowest BCUT2D eigenvalue weighted by Gasteiger charge is -2.20. The van der Waals surface area contributed by atoms with Crippen LogP contribution in [0.25, 0.3) is 11.4 Å². The quantitative estimate of drug-likeness (QED) is 0.915. The van der Waals surface area contributed by atoms with Crippen LogP contribution in [0.2, 0.25) is 0 Å². The lowest BCUT2D eigenvalue weighted by atomic mass is 10.0. The topological polar surface area (TPSA) is 37.8 Å². The summed E-state index contributed by atoms with van der Waals surface area (Å²) in [6.45, 7) is 11.6. The Morgan fingerprint density at radius 2 is 1.71 bits per heavy atom. The van der Waals surface area contributed by atoms with E-state index >= 15 is 0 Å². The molecule has 21 heavy (non-hydrogen) atoms. The lowest BCUT2D eigenvalue weighted by Crippen LogP contribution is -2.35. The third kappa shape index (κ3) is 4.64. The number of hydrogen-bond acceptors (Lipinski definition) is 3. The van der Waals surface area contributed by atoms with Crippen LogP contribution in [0.1, 0.15) is 51.8 Å². The van der Waals surface area contributed by atoms with Gasteiger partial charge in [0.15, 0.2) is 5.82 Å². The monoisotopic (exact) mass is 283 g/mol. The van der Waals surface area contributed by atoms with E-state index in [1.165, 1.54) is 5.56 Å². The Labute approximate surface area is 127 Å². The van der Waals surface area contributed by atoms with Crippen molar-refractivity contribution in [2.75, 3.05) is 0 Å². The molecule has 1 aromatic carbocycles. The standard InChI is InChI=1S/C18H25N3/c1-13(2)14-6-8-15(9-7-14)17-19-11-10-16(21-17)12-20-18(3,4)5/h6-11,13,20H,12H2,1-5H3. The maximum atomic E-state index is 4.65. The Morgan fingerprint density at radius 3 is 2.29 bits per heavy atom. The maximum Gasteiger partial charge on any atom is 0.159 e. The first-order valence-electron chi connectivity index (χ1n) is 7.52. The minimum absolute atomic E-state index is 0.0873. The largest absolute Gasteiger partial charge is 0.306 e. The molecule has 2 aromatic rings.